The zero-order valence-corrected chi connectivity index (χ0v) is 10.3. The van der Waals surface area contributed by atoms with Gasteiger partial charge in [-0.2, -0.15) is 0 Å². The van der Waals surface area contributed by atoms with Gasteiger partial charge in [-0.05, 0) is 30.5 Å². The van der Waals surface area contributed by atoms with Crippen molar-refractivity contribution in [2.24, 2.45) is 0 Å². The predicted molar refractivity (Wildman–Crippen MR) is 67.6 cm³/mol. The predicted octanol–water partition coefficient (Wildman–Crippen LogP) is 3.11. The molecule has 1 heterocycles. The van der Waals surface area contributed by atoms with Gasteiger partial charge < -0.3 is 5.32 Å². The summed E-state index contributed by atoms with van der Waals surface area (Å²) < 4.78 is 0. The number of rotatable bonds is 4. The third-order valence-corrected chi connectivity index (χ3v) is 3.99. The molecule has 16 heavy (non-hydrogen) atoms. The van der Waals surface area contributed by atoms with Gasteiger partial charge in [-0.15, -0.1) is 11.6 Å². The lowest BCUT2D eigenvalue weighted by Gasteiger charge is -2.36. The lowest BCUT2D eigenvalue weighted by atomic mass is 9.83. The van der Waals surface area contributed by atoms with Crippen LogP contribution in [0.1, 0.15) is 37.7 Å². The third kappa shape index (κ3) is 2.96. The van der Waals surface area contributed by atoms with Crippen molar-refractivity contribution in [2.45, 2.75) is 44.2 Å². The SMILES string of the molecule is ClCC1(NCc2ccncc2)CCCCC1. The molecule has 0 amide bonds. The van der Waals surface area contributed by atoms with Crippen LogP contribution < -0.4 is 5.32 Å². The summed E-state index contributed by atoms with van der Waals surface area (Å²) in [7, 11) is 0. The molecule has 0 aliphatic heterocycles. The lowest BCUT2D eigenvalue weighted by Crippen LogP contribution is -2.48. The molecule has 0 saturated heterocycles. The van der Waals surface area contributed by atoms with E-state index in [2.05, 4.69) is 22.4 Å². The first-order valence-electron chi connectivity index (χ1n) is 6.05. The molecule has 1 aromatic heterocycles. The first-order valence-corrected chi connectivity index (χ1v) is 6.58. The fraction of sp³-hybridized carbons (Fsp3) is 0.615. The number of pyridine rings is 1. The van der Waals surface area contributed by atoms with Crippen LogP contribution in [0, 0.1) is 0 Å². The highest BCUT2D eigenvalue weighted by atomic mass is 35.5. The molecule has 0 unspecified atom stereocenters. The van der Waals surface area contributed by atoms with Crippen LogP contribution in [0.25, 0.3) is 0 Å². The van der Waals surface area contributed by atoms with Crippen molar-refractivity contribution in [3.8, 4) is 0 Å². The number of alkyl halides is 1. The van der Waals surface area contributed by atoms with E-state index < -0.39 is 0 Å². The maximum atomic E-state index is 6.13. The quantitative estimate of drug-likeness (QED) is 0.816. The minimum Gasteiger partial charge on any atom is -0.306 e. The van der Waals surface area contributed by atoms with Gasteiger partial charge in [0.2, 0.25) is 0 Å². The monoisotopic (exact) mass is 238 g/mol. The molecule has 0 spiro atoms. The van der Waals surface area contributed by atoms with Crippen molar-refractivity contribution in [3.05, 3.63) is 30.1 Å². The average molecular weight is 239 g/mol. The van der Waals surface area contributed by atoms with E-state index >= 15 is 0 Å². The highest BCUT2D eigenvalue weighted by Crippen LogP contribution is 2.29. The molecule has 0 radical (unpaired) electrons. The van der Waals surface area contributed by atoms with E-state index in [9.17, 15) is 0 Å². The summed E-state index contributed by atoms with van der Waals surface area (Å²) in [6, 6.07) is 4.11. The summed E-state index contributed by atoms with van der Waals surface area (Å²) >= 11 is 6.13. The summed E-state index contributed by atoms with van der Waals surface area (Å²) in [5.41, 5.74) is 1.45. The molecule has 1 aromatic rings. The normalized spacial score (nSPS) is 19.6. The lowest BCUT2D eigenvalue weighted by molar-refractivity contribution is 0.256. The Labute approximate surface area is 102 Å². The largest absolute Gasteiger partial charge is 0.306 e. The Bertz CT molecular complexity index is 307. The summed E-state index contributed by atoms with van der Waals surface area (Å²) in [6.45, 7) is 0.898. The summed E-state index contributed by atoms with van der Waals surface area (Å²) in [5, 5.41) is 3.64. The van der Waals surface area contributed by atoms with Crippen molar-refractivity contribution < 1.29 is 0 Å². The van der Waals surface area contributed by atoms with Gasteiger partial charge in [-0.1, -0.05) is 19.3 Å². The van der Waals surface area contributed by atoms with Gasteiger partial charge in [-0.3, -0.25) is 4.98 Å². The molecule has 1 aliphatic rings. The first-order chi connectivity index (χ1) is 7.85. The topological polar surface area (TPSA) is 24.9 Å². The molecule has 1 aliphatic carbocycles. The van der Waals surface area contributed by atoms with Crippen LogP contribution in [0.3, 0.4) is 0 Å². The van der Waals surface area contributed by atoms with E-state index in [1.165, 1.54) is 37.7 Å². The van der Waals surface area contributed by atoms with Gasteiger partial charge in [-0.25, -0.2) is 0 Å². The van der Waals surface area contributed by atoms with Crippen LogP contribution >= 0.6 is 11.6 Å². The molecule has 0 atom stereocenters. The van der Waals surface area contributed by atoms with Crippen LogP contribution in [-0.4, -0.2) is 16.4 Å². The van der Waals surface area contributed by atoms with Crippen molar-refractivity contribution in [3.63, 3.8) is 0 Å². The summed E-state index contributed by atoms with van der Waals surface area (Å²) in [4.78, 5) is 4.02. The molecule has 1 N–H and O–H groups in total. The van der Waals surface area contributed by atoms with Gasteiger partial charge in [0.1, 0.15) is 0 Å². The van der Waals surface area contributed by atoms with Crippen molar-refractivity contribution in [1.82, 2.24) is 10.3 Å². The summed E-state index contributed by atoms with van der Waals surface area (Å²) in [5.74, 6) is 0.720. The standard InChI is InChI=1S/C13H19ClN2/c14-11-13(6-2-1-3-7-13)16-10-12-4-8-15-9-5-12/h4-5,8-9,16H,1-3,6-7,10-11H2. The molecular formula is C13H19ClN2. The van der Waals surface area contributed by atoms with Crippen LogP contribution in [0.15, 0.2) is 24.5 Å². The molecule has 0 bridgehead atoms. The molecule has 1 fully saturated rings. The van der Waals surface area contributed by atoms with Crippen LogP contribution in [-0.2, 0) is 6.54 Å². The molecule has 2 rings (SSSR count). The second-order valence-electron chi connectivity index (χ2n) is 4.68. The third-order valence-electron chi connectivity index (χ3n) is 3.48. The molecule has 88 valence electrons. The number of nitrogens with one attached hydrogen (secondary N) is 1. The number of hydrogen-bond acceptors (Lipinski definition) is 2. The maximum Gasteiger partial charge on any atom is 0.0406 e. The second kappa shape index (κ2) is 5.65. The minimum atomic E-state index is 0.170. The van der Waals surface area contributed by atoms with Crippen molar-refractivity contribution >= 4 is 11.6 Å². The zero-order valence-electron chi connectivity index (χ0n) is 9.58. The Morgan fingerprint density at radius 2 is 1.88 bits per heavy atom. The fourth-order valence-corrected chi connectivity index (χ4v) is 2.74. The highest BCUT2D eigenvalue weighted by Gasteiger charge is 2.30. The Morgan fingerprint density at radius 3 is 2.50 bits per heavy atom. The molecule has 0 aromatic carbocycles. The van der Waals surface area contributed by atoms with E-state index in [0.717, 1.165) is 12.4 Å². The van der Waals surface area contributed by atoms with Gasteiger partial charge in [0, 0.05) is 30.4 Å². The van der Waals surface area contributed by atoms with E-state index in [0.29, 0.717) is 0 Å². The zero-order chi connectivity index (χ0) is 11.3. The van der Waals surface area contributed by atoms with Crippen molar-refractivity contribution in [1.29, 1.82) is 0 Å². The molecule has 1 saturated carbocycles. The van der Waals surface area contributed by atoms with Gasteiger partial charge in [0.05, 0.1) is 0 Å². The highest BCUT2D eigenvalue weighted by molar-refractivity contribution is 6.18. The smallest absolute Gasteiger partial charge is 0.0406 e. The second-order valence-corrected chi connectivity index (χ2v) is 4.95. The van der Waals surface area contributed by atoms with E-state index in [1.807, 2.05) is 12.4 Å². The first kappa shape index (κ1) is 11.9. The van der Waals surface area contributed by atoms with Crippen molar-refractivity contribution in [2.75, 3.05) is 5.88 Å². The maximum absolute atomic E-state index is 6.13. The average Bonchev–Trinajstić information content (AvgIpc) is 2.39. The van der Waals surface area contributed by atoms with Gasteiger partial charge in [0.25, 0.3) is 0 Å². The van der Waals surface area contributed by atoms with Crippen LogP contribution in [0.4, 0.5) is 0 Å². The van der Waals surface area contributed by atoms with Crippen LogP contribution in [0.5, 0.6) is 0 Å². The van der Waals surface area contributed by atoms with E-state index in [-0.39, 0.29) is 5.54 Å². The van der Waals surface area contributed by atoms with E-state index in [4.69, 9.17) is 11.6 Å². The molecule has 3 heteroatoms. The molecule has 2 nitrogen and oxygen atoms in total. The fourth-order valence-electron chi connectivity index (χ4n) is 2.38. The van der Waals surface area contributed by atoms with E-state index in [1.54, 1.807) is 0 Å². The Kier molecular flexibility index (Phi) is 4.19. The Balaban J connectivity index is 1.92. The summed E-state index contributed by atoms with van der Waals surface area (Å²) in [6.07, 6.45) is 10.1. The van der Waals surface area contributed by atoms with Crippen LogP contribution in [0.2, 0.25) is 0 Å². The van der Waals surface area contributed by atoms with Gasteiger partial charge in [0.15, 0.2) is 0 Å². The number of hydrogen-bond donors (Lipinski definition) is 1. The Morgan fingerprint density at radius 1 is 1.19 bits per heavy atom. The number of aromatic nitrogens is 1. The molecular weight excluding hydrogens is 220 g/mol. The number of halogens is 1. The Hall–Kier alpha value is -0.600. The van der Waals surface area contributed by atoms with Gasteiger partial charge >= 0.3 is 0 Å². The number of nitrogens with zero attached hydrogens (tertiary/aromatic N) is 1. The minimum absolute atomic E-state index is 0.170.